The Labute approximate surface area is 120 Å². The molecule has 1 aromatic carbocycles. The average Bonchev–Trinajstić information content (AvgIpc) is 3.09. The molecule has 1 amide bonds. The Bertz CT molecular complexity index is 692. The van der Waals surface area contributed by atoms with Crippen molar-refractivity contribution in [2.45, 2.75) is 6.92 Å². The van der Waals surface area contributed by atoms with Gasteiger partial charge >= 0.3 is 0 Å². The third kappa shape index (κ3) is 2.62. The summed E-state index contributed by atoms with van der Waals surface area (Å²) in [5, 5.41) is 7.30. The van der Waals surface area contributed by atoms with Crippen LogP contribution >= 0.6 is 0 Å². The number of hydrogen-bond donors (Lipinski definition) is 1. The Kier molecular flexibility index (Phi) is 3.39. The minimum absolute atomic E-state index is 0.0633. The predicted octanol–water partition coefficient (Wildman–Crippen LogP) is 1.64. The van der Waals surface area contributed by atoms with Gasteiger partial charge in [0.2, 0.25) is 11.9 Å². The molecule has 1 aromatic heterocycles. The molecule has 2 heterocycles. The lowest BCUT2D eigenvalue weighted by atomic mass is 10.3. The molecule has 1 aliphatic rings. The number of aliphatic imine (C=N–C) groups is 1. The summed E-state index contributed by atoms with van der Waals surface area (Å²) in [6, 6.07) is 7.77. The van der Waals surface area contributed by atoms with Gasteiger partial charge in [0.05, 0.1) is 18.4 Å². The molecule has 1 N–H and O–H groups in total. The van der Waals surface area contributed by atoms with E-state index in [4.69, 9.17) is 0 Å². The zero-order valence-corrected chi connectivity index (χ0v) is 11.5. The van der Waals surface area contributed by atoms with Crippen LogP contribution in [0.5, 0.6) is 0 Å². The molecule has 0 spiro atoms. The van der Waals surface area contributed by atoms with Gasteiger partial charge in [0, 0.05) is 19.5 Å². The van der Waals surface area contributed by atoms with E-state index >= 15 is 0 Å². The lowest BCUT2D eigenvalue weighted by Crippen LogP contribution is -2.37. The molecule has 21 heavy (non-hydrogen) atoms. The van der Waals surface area contributed by atoms with Crippen LogP contribution in [0.4, 0.5) is 10.2 Å². The number of carbonyl (C=O) groups excluding carboxylic acids is 1. The highest BCUT2D eigenvalue weighted by Crippen LogP contribution is 2.16. The van der Waals surface area contributed by atoms with Crippen LogP contribution in [0.25, 0.3) is 5.69 Å². The normalized spacial score (nSPS) is 14.2. The van der Waals surface area contributed by atoms with Crippen LogP contribution in [0.2, 0.25) is 0 Å². The largest absolute Gasteiger partial charge is 0.310 e. The number of rotatable bonds is 2. The monoisotopic (exact) mass is 287 g/mol. The van der Waals surface area contributed by atoms with Crippen LogP contribution in [0.1, 0.15) is 6.92 Å². The number of halogens is 1. The highest BCUT2D eigenvalue weighted by molar-refractivity contribution is 6.04. The van der Waals surface area contributed by atoms with Crippen molar-refractivity contribution in [3.63, 3.8) is 0 Å². The lowest BCUT2D eigenvalue weighted by Gasteiger charge is -2.17. The molecule has 0 aliphatic carbocycles. The third-order valence-corrected chi connectivity index (χ3v) is 3.17. The van der Waals surface area contributed by atoms with E-state index in [0.717, 1.165) is 5.69 Å². The quantitative estimate of drug-likeness (QED) is 0.913. The maximum Gasteiger partial charge on any atom is 0.226 e. The SMILES string of the molecule is CC(=O)N1CCN=C1Nc1ccnn1-c1ccc(F)cc1. The van der Waals surface area contributed by atoms with Crippen LogP contribution in [-0.4, -0.2) is 39.6 Å². The minimum atomic E-state index is -0.302. The van der Waals surface area contributed by atoms with Crippen molar-refractivity contribution in [3.8, 4) is 5.69 Å². The maximum atomic E-state index is 13.0. The Morgan fingerprint density at radius 2 is 2.05 bits per heavy atom. The van der Waals surface area contributed by atoms with Crippen LogP contribution in [-0.2, 0) is 4.79 Å². The van der Waals surface area contributed by atoms with Gasteiger partial charge in [-0.3, -0.25) is 14.7 Å². The van der Waals surface area contributed by atoms with Crippen molar-refractivity contribution in [1.82, 2.24) is 14.7 Å². The first-order valence-corrected chi connectivity index (χ1v) is 6.55. The van der Waals surface area contributed by atoms with Gasteiger partial charge in [0.1, 0.15) is 11.6 Å². The van der Waals surface area contributed by atoms with Crippen molar-refractivity contribution in [2.75, 3.05) is 18.4 Å². The maximum absolute atomic E-state index is 13.0. The molecule has 0 fully saturated rings. The minimum Gasteiger partial charge on any atom is -0.310 e. The van der Waals surface area contributed by atoms with Crippen LogP contribution in [0, 0.1) is 5.82 Å². The number of anilines is 1. The molecule has 2 aromatic rings. The van der Waals surface area contributed by atoms with Gasteiger partial charge in [-0.1, -0.05) is 0 Å². The van der Waals surface area contributed by atoms with E-state index in [1.807, 2.05) is 0 Å². The molecular formula is C14H14FN5O. The van der Waals surface area contributed by atoms with E-state index < -0.39 is 0 Å². The second-order valence-electron chi connectivity index (χ2n) is 4.61. The molecule has 0 saturated heterocycles. The summed E-state index contributed by atoms with van der Waals surface area (Å²) in [7, 11) is 0. The number of aromatic nitrogens is 2. The van der Waals surface area contributed by atoms with Crippen molar-refractivity contribution in [2.24, 2.45) is 4.99 Å². The Balaban J connectivity index is 1.86. The van der Waals surface area contributed by atoms with Gasteiger partial charge in [-0.25, -0.2) is 9.07 Å². The fraction of sp³-hybridized carbons (Fsp3) is 0.214. The topological polar surface area (TPSA) is 62.5 Å². The molecule has 0 bridgehead atoms. The number of nitrogens with one attached hydrogen (secondary N) is 1. The second kappa shape index (κ2) is 5.35. The third-order valence-electron chi connectivity index (χ3n) is 3.17. The van der Waals surface area contributed by atoms with Gasteiger partial charge in [0.15, 0.2) is 0 Å². The smallest absolute Gasteiger partial charge is 0.226 e. The average molecular weight is 287 g/mol. The summed E-state index contributed by atoms with van der Waals surface area (Å²) < 4.78 is 14.6. The van der Waals surface area contributed by atoms with Crippen molar-refractivity contribution in [1.29, 1.82) is 0 Å². The lowest BCUT2D eigenvalue weighted by molar-refractivity contribution is -0.124. The Morgan fingerprint density at radius 1 is 1.29 bits per heavy atom. The van der Waals surface area contributed by atoms with Gasteiger partial charge in [-0.2, -0.15) is 5.10 Å². The fourth-order valence-corrected chi connectivity index (χ4v) is 2.16. The first kappa shape index (κ1) is 13.3. The first-order chi connectivity index (χ1) is 10.1. The highest BCUT2D eigenvalue weighted by atomic mass is 19.1. The molecule has 1 aliphatic heterocycles. The van der Waals surface area contributed by atoms with Crippen molar-refractivity contribution >= 4 is 17.7 Å². The van der Waals surface area contributed by atoms with E-state index in [-0.39, 0.29) is 11.7 Å². The summed E-state index contributed by atoms with van der Waals surface area (Å²) in [4.78, 5) is 17.4. The van der Waals surface area contributed by atoms with Gasteiger partial charge < -0.3 is 5.32 Å². The first-order valence-electron chi connectivity index (χ1n) is 6.55. The molecule has 3 rings (SSSR count). The number of carbonyl (C=O) groups is 1. The molecule has 7 heteroatoms. The fourth-order valence-electron chi connectivity index (χ4n) is 2.16. The predicted molar refractivity (Wildman–Crippen MR) is 76.8 cm³/mol. The van der Waals surface area contributed by atoms with E-state index in [9.17, 15) is 9.18 Å². The van der Waals surface area contributed by atoms with E-state index in [2.05, 4.69) is 15.4 Å². The van der Waals surface area contributed by atoms with Crippen LogP contribution < -0.4 is 5.32 Å². The van der Waals surface area contributed by atoms with E-state index in [1.165, 1.54) is 19.1 Å². The zero-order chi connectivity index (χ0) is 14.8. The second-order valence-corrected chi connectivity index (χ2v) is 4.61. The molecule has 0 unspecified atom stereocenters. The van der Waals surface area contributed by atoms with E-state index in [0.29, 0.717) is 24.9 Å². The molecule has 108 valence electrons. The molecule has 0 saturated carbocycles. The van der Waals surface area contributed by atoms with Gasteiger partial charge in [-0.05, 0) is 24.3 Å². The summed E-state index contributed by atoms with van der Waals surface area (Å²) in [5.41, 5.74) is 0.719. The number of guanidine groups is 1. The van der Waals surface area contributed by atoms with Gasteiger partial charge in [0.25, 0.3) is 0 Å². The molecule has 6 nitrogen and oxygen atoms in total. The summed E-state index contributed by atoms with van der Waals surface area (Å²) in [6.07, 6.45) is 1.62. The summed E-state index contributed by atoms with van der Waals surface area (Å²) in [5.74, 6) is 0.801. The van der Waals surface area contributed by atoms with E-state index in [1.54, 1.807) is 34.0 Å². The number of amides is 1. The van der Waals surface area contributed by atoms with Crippen LogP contribution in [0.3, 0.4) is 0 Å². The van der Waals surface area contributed by atoms with Gasteiger partial charge in [-0.15, -0.1) is 0 Å². The molecule has 0 atom stereocenters. The highest BCUT2D eigenvalue weighted by Gasteiger charge is 2.21. The summed E-state index contributed by atoms with van der Waals surface area (Å²) in [6.45, 7) is 2.65. The molecular weight excluding hydrogens is 273 g/mol. The van der Waals surface area contributed by atoms with Crippen molar-refractivity contribution < 1.29 is 9.18 Å². The Hall–Kier alpha value is -2.70. The Morgan fingerprint density at radius 3 is 2.76 bits per heavy atom. The van der Waals surface area contributed by atoms with Crippen LogP contribution in [0.15, 0.2) is 41.5 Å². The number of nitrogens with zero attached hydrogens (tertiary/aromatic N) is 4. The van der Waals surface area contributed by atoms with Crippen molar-refractivity contribution in [3.05, 3.63) is 42.3 Å². The standard InChI is InChI=1S/C14H14FN5O/c1-10(21)19-9-8-16-14(19)18-13-6-7-17-20(13)12-4-2-11(15)3-5-12/h2-7H,8-9H2,1H3,(H,16,18). The number of benzene rings is 1. The number of hydrogen-bond acceptors (Lipinski definition) is 4. The summed E-state index contributed by atoms with van der Waals surface area (Å²) >= 11 is 0. The molecule has 0 radical (unpaired) electrons. The zero-order valence-electron chi connectivity index (χ0n) is 11.5.